The number of benzene rings is 1. The molecule has 10 heteroatoms. The highest BCUT2D eigenvalue weighted by Crippen LogP contribution is 2.37. The molecule has 1 aromatic rings. The molecule has 1 heterocycles. The Morgan fingerprint density at radius 2 is 2.17 bits per heavy atom. The number of carbonyl (C=O) groups is 1. The number of alkyl halides is 3. The molecule has 0 spiro atoms. The average Bonchev–Trinajstić information content (AvgIpc) is 2.46. The quantitative estimate of drug-likeness (QED) is 0.666. The van der Waals surface area contributed by atoms with E-state index >= 15 is 0 Å². The van der Waals surface area contributed by atoms with Gasteiger partial charge in [-0.3, -0.25) is 10.1 Å². The van der Waals surface area contributed by atoms with E-state index < -0.39 is 28.4 Å². The lowest BCUT2D eigenvalue weighted by Gasteiger charge is -2.33. The van der Waals surface area contributed by atoms with Crippen LogP contribution in [0.4, 0.5) is 29.3 Å². The highest BCUT2D eigenvalue weighted by atomic mass is 19.4. The second-order valence-electron chi connectivity index (χ2n) is 5.03. The Labute approximate surface area is 129 Å². The van der Waals surface area contributed by atoms with Crippen molar-refractivity contribution in [3.8, 4) is 0 Å². The van der Waals surface area contributed by atoms with Crippen molar-refractivity contribution >= 4 is 17.4 Å². The molecule has 0 saturated carbocycles. The fourth-order valence-electron chi connectivity index (χ4n) is 2.22. The SMILES string of the molecule is CC1COCCN1C(=O)Nc1ccc([N+](=O)[O-])c(C(F)(F)F)c1. The number of halogens is 3. The summed E-state index contributed by atoms with van der Waals surface area (Å²) < 4.78 is 43.9. The van der Waals surface area contributed by atoms with E-state index in [0.717, 1.165) is 12.1 Å². The molecule has 1 aliphatic rings. The van der Waals surface area contributed by atoms with Crippen molar-refractivity contribution in [1.29, 1.82) is 0 Å². The Balaban J connectivity index is 2.23. The Morgan fingerprint density at radius 3 is 2.74 bits per heavy atom. The molecule has 0 radical (unpaired) electrons. The zero-order valence-electron chi connectivity index (χ0n) is 12.1. The van der Waals surface area contributed by atoms with Gasteiger partial charge in [0.1, 0.15) is 5.56 Å². The van der Waals surface area contributed by atoms with Gasteiger partial charge in [-0.25, -0.2) is 4.79 Å². The van der Waals surface area contributed by atoms with Gasteiger partial charge in [-0.05, 0) is 19.1 Å². The number of hydrogen-bond donors (Lipinski definition) is 1. The number of hydrogen-bond acceptors (Lipinski definition) is 4. The summed E-state index contributed by atoms with van der Waals surface area (Å²) in [7, 11) is 0. The lowest BCUT2D eigenvalue weighted by atomic mass is 10.1. The maximum atomic E-state index is 12.9. The summed E-state index contributed by atoms with van der Waals surface area (Å²) in [5, 5.41) is 13.0. The van der Waals surface area contributed by atoms with Crippen molar-refractivity contribution in [2.75, 3.05) is 25.1 Å². The molecule has 0 aromatic heterocycles. The lowest BCUT2D eigenvalue weighted by molar-refractivity contribution is -0.388. The summed E-state index contributed by atoms with van der Waals surface area (Å²) in [4.78, 5) is 23.1. The molecule has 126 valence electrons. The van der Waals surface area contributed by atoms with Crippen LogP contribution >= 0.6 is 0 Å². The van der Waals surface area contributed by atoms with Crippen LogP contribution in [0.25, 0.3) is 0 Å². The highest BCUT2D eigenvalue weighted by Gasteiger charge is 2.38. The van der Waals surface area contributed by atoms with Crippen molar-refractivity contribution in [2.24, 2.45) is 0 Å². The molecule has 1 aliphatic heterocycles. The summed E-state index contributed by atoms with van der Waals surface area (Å²) in [5.74, 6) is 0. The molecule has 2 rings (SSSR count). The van der Waals surface area contributed by atoms with Crippen molar-refractivity contribution in [3.05, 3.63) is 33.9 Å². The summed E-state index contributed by atoms with van der Waals surface area (Å²) in [6, 6.07) is 1.55. The molecule has 7 nitrogen and oxygen atoms in total. The predicted octanol–water partition coefficient (Wildman–Crippen LogP) is 2.87. The van der Waals surface area contributed by atoms with E-state index in [0.29, 0.717) is 25.8 Å². The van der Waals surface area contributed by atoms with Gasteiger partial charge in [0.2, 0.25) is 0 Å². The fourth-order valence-corrected chi connectivity index (χ4v) is 2.22. The minimum absolute atomic E-state index is 0.161. The van der Waals surface area contributed by atoms with Gasteiger partial charge in [-0.2, -0.15) is 13.2 Å². The van der Waals surface area contributed by atoms with Gasteiger partial charge in [0.25, 0.3) is 5.69 Å². The number of nitrogens with zero attached hydrogens (tertiary/aromatic N) is 2. The minimum Gasteiger partial charge on any atom is -0.377 e. The van der Waals surface area contributed by atoms with Gasteiger partial charge in [-0.1, -0.05) is 0 Å². The standard InChI is InChI=1S/C13H14F3N3O4/c1-8-7-23-5-4-18(8)12(20)17-9-2-3-11(19(21)22)10(6-9)13(14,15)16/h2-3,6,8H,4-5,7H2,1H3,(H,17,20). The second kappa shape index (κ2) is 6.41. The number of rotatable bonds is 2. The Morgan fingerprint density at radius 1 is 1.48 bits per heavy atom. The van der Waals surface area contributed by atoms with Crippen molar-refractivity contribution < 1.29 is 27.6 Å². The van der Waals surface area contributed by atoms with E-state index in [1.54, 1.807) is 6.92 Å². The maximum absolute atomic E-state index is 12.9. The Hall–Kier alpha value is -2.36. The van der Waals surface area contributed by atoms with Crippen LogP contribution in [0.3, 0.4) is 0 Å². The zero-order valence-corrected chi connectivity index (χ0v) is 12.1. The average molecular weight is 333 g/mol. The molecule has 2 amide bonds. The van der Waals surface area contributed by atoms with Crippen LogP contribution in [-0.2, 0) is 10.9 Å². The smallest absolute Gasteiger partial charge is 0.377 e. The minimum atomic E-state index is -4.89. The molecular weight excluding hydrogens is 319 g/mol. The third kappa shape index (κ3) is 3.89. The topological polar surface area (TPSA) is 84.7 Å². The van der Waals surface area contributed by atoms with Gasteiger partial charge in [0, 0.05) is 18.3 Å². The van der Waals surface area contributed by atoms with Crippen LogP contribution in [0, 0.1) is 10.1 Å². The second-order valence-corrected chi connectivity index (χ2v) is 5.03. The normalized spacial score (nSPS) is 18.6. The molecule has 1 saturated heterocycles. The first-order valence-electron chi connectivity index (χ1n) is 6.71. The summed E-state index contributed by atoms with van der Waals surface area (Å²) in [5.41, 5.74) is -2.63. The van der Waals surface area contributed by atoms with Crippen molar-refractivity contribution in [3.63, 3.8) is 0 Å². The molecule has 0 bridgehead atoms. The number of amides is 2. The number of nitro groups is 1. The molecule has 1 unspecified atom stereocenters. The van der Waals surface area contributed by atoms with Crippen LogP contribution in [0.2, 0.25) is 0 Å². The summed E-state index contributed by atoms with van der Waals surface area (Å²) in [6.45, 7) is 2.73. The summed E-state index contributed by atoms with van der Waals surface area (Å²) >= 11 is 0. The maximum Gasteiger partial charge on any atom is 0.423 e. The third-order valence-corrected chi connectivity index (χ3v) is 3.38. The third-order valence-electron chi connectivity index (χ3n) is 3.38. The zero-order chi connectivity index (χ0) is 17.2. The predicted molar refractivity (Wildman–Crippen MR) is 74.1 cm³/mol. The first-order chi connectivity index (χ1) is 10.7. The number of anilines is 1. The van der Waals surface area contributed by atoms with Crippen LogP contribution in [0.15, 0.2) is 18.2 Å². The van der Waals surface area contributed by atoms with Crippen LogP contribution in [0.1, 0.15) is 12.5 Å². The lowest BCUT2D eigenvalue weighted by Crippen LogP contribution is -2.48. The monoisotopic (exact) mass is 333 g/mol. The van der Waals surface area contributed by atoms with E-state index in [1.165, 1.54) is 4.90 Å². The van der Waals surface area contributed by atoms with Gasteiger partial charge >= 0.3 is 12.2 Å². The van der Waals surface area contributed by atoms with Crippen LogP contribution in [-0.4, -0.2) is 41.7 Å². The van der Waals surface area contributed by atoms with Crippen molar-refractivity contribution in [1.82, 2.24) is 4.90 Å². The number of nitrogens with one attached hydrogen (secondary N) is 1. The largest absolute Gasteiger partial charge is 0.423 e. The van der Waals surface area contributed by atoms with Crippen LogP contribution < -0.4 is 5.32 Å². The van der Waals surface area contributed by atoms with E-state index in [2.05, 4.69) is 5.32 Å². The highest BCUT2D eigenvalue weighted by molar-refractivity contribution is 5.90. The van der Waals surface area contributed by atoms with Crippen molar-refractivity contribution in [2.45, 2.75) is 19.1 Å². The van der Waals surface area contributed by atoms with Crippen LogP contribution in [0.5, 0.6) is 0 Å². The van der Waals surface area contributed by atoms with E-state index in [1.807, 2.05) is 0 Å². The number of carbonyl (C=O) groups excluding carboxylic acids is 1. The molecule has 0 aliphatic carbocycles. The molecule has 1 atom stereocenters. The van der Waals surface area contributed by atoms with Gasteiger partial charge in [0.15, 0.2) is 0 Å². The number of nitro benzene ring substituents is 1. The molecule has 1 fully saturated rings. The molecule has 23 heavy (non-hydrogen) atoms. The van der Waals surface area contributed by atoms with E-state index in [9.17, 15) is 28.1 Å². The van der Waals surface area contributed by atoms with E-state index in [4.69, 9.17) is 4.74 Å². The molecular formula is C13H14F3N3O4. The summed E-state index contributed by atoms with van der Waals surface area (Å²) in [6.07, 6.45) is -4.89. The first-order valence-corrected chi connectivity index (χ1v) is 6.71. The van der Waals surface area contributed by atoms with Gasteiger partial charge < -0.3 is 15.0 Å². The fraction of sp³-hybridized carbons (Fsp3) is 0.462. The van der Waals surface area contributed by atoms with Gasteiger partial charge in [-0.15, -0.1) is 0 Å². The van der Waals surface area contributed by atoms with Gasteiger partial charge in [0.05, 0.1) is 24.2 Å². The Kier molecular flexibility index (Phi) is 4.73. The Bertz CT molecular complexity index is 621. The number of ether oxygens (including phenoxy) is 1. The first kappa shape index (κ1) is 17.0. The molecule has 1 aromatic carbocycles. The van der Waals surface area contributed by atoms with E-state index in [-0.39, 0.29) is 11.7 Å². The number of urea groups is 1. The molecule has 1 N–H and O–H groups in total. The number of morpholine rings is 1.